The molecular weight excluding hydrogens is 122 g/mol. The Kier molecular flexibility index (Phi) is 1.31. The summed E-state index contributed by atoms with van der Waals surface area (Å²) < 4.78 is 0. The third kappa shape index (κ3) is 0.731. The van der Waals surface area contributed by atoms with E-state index in [-0.39, 0.29) is 0 Å². The maximum absolute atomic E-state index is 2.70. The molecule has 2 aliphatic heterocycles. The highest BCUT2D eigenvalue weighted by molar-refractivity contribution is 4.99. The molecule has 10 heavy (non-hydrogen) atoms. The second-order valence-electron chi connectivity index (χ2n) is 4.18. The van der Waals surface area contributed by atoms with Crippen LogP contribution in [-0.4, -0.2) is 23.0 Å². The van der Waals surface area contributed by atoms with Gasteiger partial charge >= 0.3 is 0 Å². The molecule has 0 spiro atoms. The minimum absolute atomic E-state index is 0.611. The number of nitrogens with zero attached hydrogens (tertiary/aromatic N) is 1. The van der Waals surface area contributed by atoms with Crippen molar-refractivity contribution in [1.82, 2.24) is 4.90 Å². The summed E-state index contributed by atoms with van der Waals surface area (Å²) in [6.45, 7) is 6.16. The zero-order valence-electron chi connectivity index (χ0n) is 7.06. The predicted octanol–water partition coefficient (Wildman–Crippen LogP) is 2.02. The van der Waals surface area contributed by atoms with Crippen molar-refractivity contribution in [1.29, 1.82) is 0 Å². The minimum Gasteiger partial charge on any atom is -0.295 e. The predicted molar refractivity (Wildman–Crippen MR) is 43.0 cm³/mol. The average molecular weight is 139 g/mol. The molecule has 0 N–H and O–H groups in total. The van der Waals surface area contributed by atoms with Gasteiger partial charge in [0, 0.05) is 11.6 Å². The zero-order chi connectivity index (χ0) is 7.19. The second kappa shape index (κ2) is 1.97. The van der Waals surface area contributed by atoms with Crippen LogP contribution in [0.15, 0.2) is 0 Å². The van der Waals surface area contributed by atoms with Gasteiger partial charge in [0.05, 0.1) is 0 Å². The largest absolute Gasteiger partial charge is 0.295 e. The highest BCUT2D eigenvalue weighted by Gasteiger charge is 2.43. The molecule has 0 aliphatic carbocycles. The molecule has 2 fully saturated rings. The van der Waals surface area contributed by atoms with E-state index in [9.17, 15) is 0 Å². The van der Waals surface area contributed by atoms with Gasteiger partial charge in [0.25, 0.3) is 0 Å². The Hall–Kier alpha value is -0.0400. The molecule has 2 saturated heterocycles. The van der Waals surface area contributed by atoms with E-state index in [4.69, 9.17) is 0 Å². The third-order valence-corrected chi connectivity index (χ3v) is 3.44. The third-order valence-electron chi connectivity index (χ3n) is 3.44. The first kappa shape index (κ1) is 6.66. The molecule has 0 aromatic rings. The molecule has 2 atom stereocenters. The number of hydrogen-bond acceptors (Lipinski definition) is 1. The van der Waals surface area contributed by atoms with Crippen molar-refractivity contribution in [3.63, 3.8) is 0 Å². The first-order chi connectivity index (χ1) is 4.72. The fraction of sp³-hybridized carbons (Fsp3) is 1.00. The van der Waals surface area contributed by atoms with Crippen LogP contribution in [-0.2, 0) is 0 Å². The Labute approximate surface area is 63.4 Å². The number of hydrogen-bond donors (Lipinski definition) is 0. The van der Waals surface area contributed by atoms with Crippen LogP contribution in [0.5, 0.6) is 0 Å². The van der Waals surface area contributed by atoms with Crippen LogP contribution < -0.4 is 0 Å². The van der Waals surface area contributed by atoms with Crippen LogP contribution in [0, 0.1) is 0 Å². The van der Waals surface area contributed by atoms with Crippen molar-refractivity contribution >= 4 is 0 Å². The molecule has 0 unspecified atom stereocenters. The van der Waals surface area contributed by atoms with E-state index >= 15 is 0 Å². The van der Waals surface area contributed by atoms with E-state index in [1.807, 2.05) is 0 Å². The van der Waals surface area contributed by atoms with Crippen LogP contribution in [0.4, 0.5) is 0 Å². The van der Waals surface area contributed by atoms with Crippen LogP contribution in [0.3, 0.4) is 0 Å². The second-order valence-corrected chi connectivity index (χ2v) is 4.18. The molecule has 0 bridgehead atoms. The number of rotatable bonds is 0. The minimum atomic E-state index is 0.611. The fourth-order valence-electron chi connectivity index (χ4n) is 2.74. The van der Waals surface area contributed by atoms with Crippen molar-refractivity contribution in [3.8, 4) is 0 Å². The molecule has 0 radical (unpaired) electrons. The van der Waals surface area contributed by atoms with E-state index in [2.05, 4.69) is 18.7 Å². The summed E-state index contributed by atoms with van der Waals surface area (Å²) in [5.74, 6) is 0. The van der Waals surface area contributed by atoms with Gasteiger partial charge in [-0.3, -0.25) is 4.90 Å². The van der Waals surface area contributed by atoms with E-state index < -0.39 is 0 Å². The molecule has 2 heterocycles. The Morgan fingerprint density at radius 1 is 1.40 bits per heavy atom. The molecule has 1 heteroatoms. The monoisotopic (exact) mass is 139 g/mol. The van der Waals surface area contributed by atoms with Crippen LogP contribution in [0.2, 0.25) is 0 Å². The van der Waals surface area contributed by atoms with Gasteiger partial charge in [-0.15, -0.1) is 0 Å². The van der Waals surface area contributed by atoms with Gasteiger partial charge in [-0.05, 0) is 46.1 Å². The lowest BCUT2D eigenvalue weighted by Gasteiger charge is -2.29. The summed E-state index contributed by atoms with van der Waals surface area (Å²) in [5.41, 5.74) is 0.611. The molecular formula is C9H17N. The highest BCUT2D eigenvalue weighted by Crippen LogP contribution is 2.41. The maximum atomic E-state index is 2.70. The molecule has 2 aliphatic rings. The van der Waals surface area contributed by atoms with Crippen LogP contribution in [0.1, 0.15) is 39.5 Å². The summed E-state index contributed by atoms with van der Waals surface area (Å²) in [6, 6.07) is 0.868. The lowest BCUT2D eigenvalue weighted by molar-refractivity contribution is 0.176. The van der Waals surface area contributed by atoms with Gasteiger partial charge in [0.15, 0.2) is 0 Å². The Bertz CT molecular complexity index is 144. The topological polar surface area (TPSA) is 3.24 Å². The molecule has 0 aromatic heterocycles. The van der Waals surface area contributed by atoms with Gasteiger partial charge < -0.3 is 0 Å². The average Bonchev–Trinajstić information content (AvgIpc) is 2.35. The summed E-state index contributed by atoms with van der Waals surface area (Å²) in [4.78, 5) is 2.70. The Morgan fingerprint density at radius 2 is 2.20 bits per heavy atom. The SMILES string of the molecule is C[C@@H]1CC[C@@]2(C)CCCN12. The molecule has 2 rings (SSSR count). The van der Waals surface area contributed by atoms with E-state index in [1.165, 1.54) is 32.2 Å². The Morgan fingerprint density at radius 3 is 2.90 bits per heavy atom. The fourth-order valence-corrected chi connectivity index (χ4v) is 2.74. The maximum Gasteiger partial charge on any atom is 0.0185 e. The van der Waals surface area contributed by atoms with E-state index in [0.717, 1.165) is 6.04 Å². The Balaban J connectivity index is 2.19. The van der Waals surface area contributed by atoms with Gasteiger partial charge in [0.2, 0.25) is 0 Å². The standard InChI is InChI=1S/C9H17N/c1-8-4-6-9(2)5-3-7-10(8)9/h8H,3-7H2,1-2H3/t8-,9-/m1/s1. The van der Waals surface area contributed by atoms with Crippen molar-refractivity contribution < 1.29 is 0 Å². The summed E-state index contributed by atoms with van der Waals surface area (Å²) in [7, 11) is 0. The summed E-state index contributed by atoms with van der Waals surface area (Å²) in [5, 5.41) is 0. The van der Waals surface area contributed by atoms with Crippen molar-refractivity contribution in [3.05, 3.63) is 0 Å². The molecule has 0 amide bonds. The van der Waals surface area contributed by atoms with Gasteiger partial charge in [-0.2, -0.15) is 0 Å². The smallest absolute Gasteiger partial charge is 0.0185 e. The van der Waals surface area contributed by atoms with Crippen LogP contribution in [0.25, 0.3) is 0 Å². The lowest BCUT2D eigenvalue weighted by atomic mass is 9.97. The molecule has 0 aromatic carbocycles. The molecule has 1 nitrogen and oxygen atoms in total. The van der Waals surface area contributed by atoms with Crippen molar-refractivity contribution in [2.75, 3.05) is 6.54 Å². The highest BCUT2D eigenvalue weighted by atomic mass is 15.3. The van der Waals surface area contributed by atoms with Crippen molar-refractivity contribution in [2.24, 2.45) is 0 Å². The van der Waals surface area contributed by atoms with Crippen LogP contribution >= 0.6 is 0 Å². The normalized spacial score (nSPS) is 48.0. The molecule has 58 valence electrons. The first-order valence-corrected chi connectivity index (χ1v) is 4.49. The van der Waals surface area contributed by atoms with Gasteiger partial charge in [0.1, 0.15) is 0 Å². The van der Waals surface area contributed by atoms with E-state index in [0.29, 0.717) is 5.54 Å². The lowest BCUT2D eigenvalue weighted by Crippen LogP contribution is -2.38. The molecule has 0 saturated carbocycles. The zero-order valence-corrected chi connectivity index (χ0v) is 7.06. The van der Waals surface area contributed by atoms with E-state index in [1.54, 1.807) is 0 Å². The van der Waals surface area contributed by atoms with Gasteiger partial charge in [-0.25, -0.2) is 0 Å². The van der Waals surface area contributed by atoms with Crippen molar-refractivity contribution in [2.45, 2.75) is 51.1 Å². The number of fused-ring (bicyclic) bond motifs is 1. The summed E-state index contributed by atoms with van der Waals surface area (Å²) >= 11 is 0. The first-order valence-electron chi connectivity index (χ1n) is 4.49. The summed E-state index contributed by atoms with van der Waals surface area (Å²) in [6.07, 6.45) is 5.74. The quantitative estimate of drug-likeness (QED) is 0.496. The van der Waals surface area contributed by atoms with Gasteiger partial charge in [-0.1, -0.05) is 0 Å².